The molecule has 4 nitrogen and oxygen atoms in total. The van der Waals surface area contributed by atoms with E-state index in [0.29, 0.717) is 6.04 Å². The van der Waals surface area contributed by atoms with E-state index in [9.17, 15) is 0 Å². The standard InChI is InChI=1S/C15H20N4/c1-11-6-4-8-15(17-11)19-9-5-7-14(19)13-10-16-18(3)12(13)2/h4,6,8,10,14H,5,7,9H2,1-3H3/t14-/m1/s1. The molecule has 1 aliphatic rings. The Hall–Kier alpha value is -1.84. The predicted octanol–water partition coefficient (Wildman–Crippen LogP) is 2.77. The van der Waals surface area contributed by atoms with Gasteiger partial charge in [0.1, 0.15) is 5.82 Å². The molecule has 19 heavy (non-hydrogen) atoms. The normalized spacial score (nSPS) is 19.1. The molecule has 0 radical (unpaired) electrons. The van der Waals surface area contributed by atoms with Crippen molar-refractivity contribution in [1.82, 2.24) is 14.8 Å². The molecule has 3 heterocycles. The summed E-state index contributed by atoms with van der Waals surface area (Å²) in [5.74, 6) is 1.09. The first-order valence-electron chi connectivity index (χ1n) is 6.85. The van der Waals surface area contributed by atoms with Crippen LogP contribution in [0.3, 0.4) is 0 Å². The number of pyridine rings is 1. The quantitative estimate of drug-likeness (QED) is 0.828. The fourth-order valence-electron chi connectivity index (χ4n) is 2.90. The summed E-state index contributed by atoms with van der Waals surface area (Å²) in [7, 11) is 2.00. The van der Waals surface area contributed by atoms with Gasteiger partial charge in [-0.2, -0.15) is 5.10 Å². The van der Waals surface area contributed by atoms with Crippen LogP contribution in [-0.4, -0.2) is 21.3 Å². The summed E-state index contributed by atoms with van der Waals surface area (Å²) in [6, 6.07) is 6.66. The van der Waals surface area contributed by atoms with Crippen molar-refractivity contribution >= 4 is 5.82 Å². The molecule has 2 aromatic heterocycles. The van der Waals surface area contributed by atoms with Gasteiger partial charge in [-0.05, 0) is 38.8 Å². The van der Waals surface area contributed by atoms with Crippen molar-refractivity contribution in [1.29, 1.82) is 0 Å². The minimum Gasteiger partial charge on any atom is -0.349 e. The number of hydrogen-bond acceptors (Lipinski definition) is 3. The van der Waals surface area contributed by atoms with E-state index in [1.165, 1.54) is 24.1 Å². The maximum absolute atomic E-state index is 4.67. The molecule has 2 aromatic rings. The van der Waals surface area contributed by atoms with Crippen LogP contribution >= 0.6 is 0 Å². The lowest BCUT2D eigenvalue weighted by Crippen LogP contribution is -2.24. The van der Waals surface area contributed by atoms with Crippen molar-refractivity contribution in [3.8, 4) is 0 Å². The Bertz CT molecular complexity index is 588. The molecule has 1 atom stereocenters. The summed E-state index contributed by atoms with van der Waals surface area (Å²) < 4.78 is 1.95. The number of nitrogens with zero attached hydrogens (tertiary/aromatic N) is 4. The van der Waals surface area contributed by atoms with Crippen LogP contribution in [0.1, 0.15) is 35.8 Å². The third-order valence-corrected chi connectivity index (χ3v) is 4.05. The highest BCUT2D eigenvalue weighted by atomic mass is 15.3. The number of aryl methyl sites for hydroxylation is 2. The van der Waals surface area contributed by atoms with E-state index in [2.05, 4.69) is 34.0 Å². The Kier molecular flexibility index (Phi) is 3.01. The van der Waals surface area contributed by atoms with Gasteiger partial charge < -0.3 is 4.90 Å². The first-order chi connectivity index (χ1) is 9.16. The van der Waals surface area contributed by atoms with Gasteiger partial charge in [-0.15, -0.1) is 0 Å². The van der Waals surface area contributed by atoms with Crippen LogP contribution in [0, 0.1) is 13.8 Å². The third-order valence-electron chi connectivity index (χ3n) is 4.05. The highest BCUT2D eigenvalue weighted by Crippen LogP contribution is 2.36. The fourth-order valence-corrected chi connectivity index (χ4v) is 2.90. The summed E-state index contributed by atoms with van der Waals surface area (Å²) in [5.41, 5.74) is 3.67. The van der Waals surface area contributed by atoms with Gasteiger partial charge in [0.15, 0.2) is 0 Å². The van der Waals surface area contributed by atoms with Gasteiger partial charge >= 0.3 is 0 Å². The Morgan fingerprint density at radius 3 is 2.79 bits per heavy atom. The van der Waals surface area contributed by atoms with Gasteiger partial charge in [0, 0.05) is 30.5 Å². The van der Waals surface area contributed by atoms with Gasteiger partial charge in [-0.3, -0.25) is 4.68 Å². The zero-order chi connectivity index (χ0) is 13.4. The van der Waals surface area contributed by atoms with E-state index >= 15 is 0 Å². The average molecular weight is 256 g/mol. The minimum atomic E-state index is 0.419. The predicted molar refractivity (Wildman–Crippen MR) is 76.2 cm³/mol. The van der Waals surface area contributed by atoms with E-state index in [4.69, 9.17) is 0 Å². The lowest BCUT2D eigenvalue weighted by molar-refractivity contribution is 0.693. The number of aromatic nitrogens is 3. The van der Waals surface area contributed by atoms with E-state index in [1.54, 1.807) is 0 Å². The Balaban J connectivity index is 1.96. The molecule has 1 saturated heterocycles. The number of hydrogen-bond donors (Lipinski definition) is 0. The molecule has 1 fully saturated rings. The summed E-state index contributed by atoms with van der Waals surface area (Å²) in [6.07, 6.45) is 4.41. The SMILES string of the molecule is Cc1cccc(N2CCC[C@@H]2c2cnn(C)c2C)n1. The summed E-state index contributed by atoms with van der Waals surface area (Å²) in [6.45, 7) is 5.27. The van der Waals surface area contributed by atoms with Crippen LogP contribution in [0.4, 0.5) is 5.82 Å². The molecule has 4 heteroatoms. The average Bonchev–Trinajstić information content (AvgIpc) is 2.98. The van der Waals surface area contributed by atoms with Gasteiger partial charge in [0.2, 0.25) is 0 Å². The Labute approximate surface area is 114 Å². The lowest BCUT2D eigenvalue weighted by Gasteiger charge is -2.26. The molecule has 0 unspecified atom stereocenters. The van der Waals surface area contributed by atoms with Gasteiger partial charge in [-0.25, -0.2) is 4.98 Å². The molecule has 0 amide bonds. The fraction of sp³-hybridized carbons (Fsp3) is 0.467. The molecule has 0 saturated carbocycles. The summed E-state index contributed by atoms with van der Waals surface area (Å²) in [5, 5.41) is 4.38. The molecule has 1 aliphatic heterocycles. The maximum atomic E-state index is 4.67. The second-order valence-electron chi connectivity index (χ2n) is 5.30. The molecule has 3 rings (SSSR count). The molecule has 0 spiro atoms. The second-order valence-corrected chi connectivity index (χ2v) is 5.30. The molecular formula is C15H20N4. The van der Waals surface area contributed by atoms with Crippen molar-refractivity contribution in [2.24, 2.45) is 7.05 Å². The molecular weight excluding hydrogens is 236 g/mol. The molecule has 0 aliphatic carbocycles. The highest BCUT2D eigenvalue weighted by Gasteiger charge is 2.29. The van der Waals surface area contributed by atoms with Crippen LogP contribution in [0.15, 0.2) is 24.4 Å². The largest absolute Gasteiger partial charge is 0.349 e. The zero-order valence-electron chi connectivity index (χ0n) is 11.8. The van der Waals surface area contributed by atoms with Crippen LogP contribution in [0.2, 0.25) is 0 Å². The topological polar surface area (TPSA) is 34.0 Å². The smallest absolute Gasteiger partial charge is 0.129 e. The van der Waals surface area contributed by atoms with Crippen LogP contribution in [-0.2, 0) is 7.05 Å². The minimum absolute atomic E-state index is 0.419. The van der Waals surface area contributed by atoms with Gasteiger partial charge in [-0.1, -0.05) is 6.07 Å². The molecule has 0 N–H and O–H groups in total. The first-order valence-corrected chi connectivity index (χ1v) is 6.85. The Morgan fingerprint density at radius 1 is 1.26 bits per heavy atom. The zero-order valence-corrected chi connectivity index (χ0v) is 11.8. The van der Waals surface area contributed by atoms with Crippen LogP contribution in [0.25, 0.3) is 0 Å². The van der Waals surface area contributed by atoms with Crippen molar-refractivity contribution < 1.29 is 0 Å². The Morgan fingerprint density at radius 2 is 2.11 bits per heavy atom. The van der Waals surface area contributed by atoms with Crippen molar-refractivity contribution in [2.45, 2.75) is 32.7 Å². The maximum Gasteiger partial charge on any atom is 0.129 e. The second kappa shape index (κ2) is 4.68. The van der Waals surface area contributed by atoms with E-state index in [0.717, 1.165) is 18.1 Å². The van der Waals surface area contributed by atoms with E-state index in [1.807, 2.05) is 30.9 Å². The third kappa shape index (κ3) is 2.11. The van der Waals surface area contributed by atoms with Gasteiger partial charge in [0.05, 0.1) is 12.2 Å². The van der Waals surface area contributed by atoms with Crippen LogP contribution < -0.4 is 4.90 Å². The first kappa shape index (κ1) is 12.2. The summed E-state index contributed by atoms with van der Waals surface area (Å²) >= 11 is 0. The number of rotatable bonds is 2. The number of anilines is 1. The molecule has 0 aromatic carbocycles. The van der Waals surface area contributed by atoms with E-state index in [-0.39, 0.29) is 0 Å². The van der Waals surface area contributed by atoms with E-state index < -0.39 is 0 Å². The monoisotopic (exact) mass is 256 g/mol. The molecule has 100 valence electrons. The highest BCUT2D eigenvalue weighted by molar-refractivity contribution is 5.45. The van der Waals surface area contributed by atoms with Gasteiger partial charge in [0.25, 0.3) is 0 Å². The van der Waals surface area contributed by atoms with Crippen molar-refractivity contribution in [3.05, 3.63) is 41.3 Å². The lowest BCUT2D eigenvalue weighted by atomic mass is 10.1. The molecule has 0 bridgehead atoms. The summed E-state index contributed by atoms with van der Waals surface area (Å²) in [4.78, 5) is 7.08. The van der Waals surface area contributed by atoms with Crippen molar-refractivity contribution in [2.75, 3.05) is 11.4 Å². The van der Waals surface area contributed by atoms with Crippen LogP contribution in [0.5, 0.6) is 0 Å². The van der Waals surface area contributed by atoms with Crippen molar-refractivity contribution in [3.63, 3.8) is 0 Å².